The first-order valence-electron chi connectivity index (χ1n) is 13.0. The largest absolute Gasteiger partial charge is 0.322 e. The van der Waals surface area contributed by atoms with E-state index in [1.54, 1.807) is 0 Å². The number of nitrogens with two attached hydrogens (primary N) is 2. The topological polar surface area (TPSA) is 86.2 Å². The number of halogens is 2. The minimum Gasteiger partial charge on any atom is -0.322 e. The van der Waals surface area contributed by atoms with Gasteiger partial charge in [0.05, 0.1) is 12.1 Å². The second-order valence-corrected chi connectivity index (χ2v) is 12.4. The molecule has 0 heterocycles. The van der Waals surface area contributed by atoms with Crippen molar-refractivity contribution in [3.05, 3.63) is 0 Å². The van der Waals surface area contributed by atoms with Crippen molar-refractivity contribution in [1.82, 2.24) is 0 Å². The Labute approximate surface area is 231 Å². The average molecular weight is 562 g/mol. The Balaban J connectivity index is -0.00000480. The highest BCUT2D eigenvalue weighted by atomic mass is 35.5. The molecule has 0 bridgehead atoms. The molecule has 0 saturated carbocycles. The van der Waals surface area contributed by atoms with Crippen LogP contribution in [0.3, 0.4) is 0 Å². The van der Waals surface area contributed by atoms with Gasteiger partial charge in [-0.05, 0) is 49.0 Å². The molecule has 4 nitrogen and oxygen atoms in total. The lowest BCUT2D eigenvalue weighted by Gasteiger charge is -2.12. The van der Waals surface area contributed by atoms with Crippen molar-refractivity contribution < 1.29 is 9.59 Å². The lowest BCUT2D eigenvalue weighted by Crippen LogP contribution is -2.32. The Morgan fingerprint density at radius 3 is 1.15 bits per heavy atom. The van der Waals surface area contributed by atoms with E-state index in [-0.39, 0.29) is 48.5 Å². The van der Waals surface area contributed by atoms with Gasteiger partial charge in [-0.2, -0.15) is 23.5 Å². The van der Waals surface area contributed by atoms with Gasteiger partial charge < -0.3 is 11.5 Å². The summed E-state index contributed by atoms with van der Waals surface area (Å²) in [7, 11) is 0. The molecule has 0 radical (unpaired) electrons. The molecule has 0 aliphatic carbocycles. The number of hydrogen-bond acceptors (Lipinski definition) is 6. The standard InChI is InChI=1S/C26H52N2O2S2.2ClH/c1-21(2)19-23(27)25(29)13-17-31-15-11-9-7-5-6-8-10-12-16-32-18-14-26(30)24(28)20-22(3)4;;/h21-24H,5-20,27-28H2,1-4H3;2*1H. The molecule has 0 aliphatic rings. The van der Waals surface area contributed by atoms with Crippen LogP contribution >= 0.6 is 48.3 Å². The van der Waals surface area contributed by atoms with E-state index in [2.05, 4.69) is 27.7 Å². The maximum absolute atomic E-state index is 11.9. The SMILES string of the molecule is CC(C)CC(N)C(=O)CCSCCCCCCCCCCSCCC(=O)C(N)CC(C)C.Cl.Cl. The Morgan fingerprint density at radius 2 is 0.853 bits per heavy atom. The van der Waals surface area contributed by atoms with Crippen molar-refractivity contribution in [2.45, 2.75) is 117 Å². The summed E-state index contributed by atoms with van der Waals surface area (Å²) in [5.74, 6) is 5.59. The van der Waals surface area contributed by atoms with E-state index < -0.39 is 0 Å². The van der Waals surface area contributed by atoms with E-state index in [9.17, 15) is 9.59 Å². The molecule has 0 spiro atoms. The molecule has 2 unspecified atom stereocenters. The van der Waals surface area contributed by atoms with Crippen LogP contribution in [0.1, 0.15) is 105 Å². The van der Waals surface area contributed by atoms with Crippen molar-refractivity contribution in [3.8, 4) is 0 Å². The first-order valence-corrected chi connectivity index (χ1v) is 15.3. The molecule has 0 aromatic carbocycles. The van der Waals surface area contributed by atoms with Gasteiger partial charge in [-0.25, -0.2) is 0 Å². The van der Waals surface area contributed by atoms with Crippen molar-refractivity contribution >= 4 is 59.9 Å². The van der Waals surface area contributed by atoms with Crippen molar-refractivity contribution in [1.29, 1.82) is 0 Å². The van der Waals surface area contributed by atoms with E-state index >= 15 is 0 Å². The third-order valence-electron chi connectivity index (χ3n) is 5.59. The minimum absolute atomic E-state index is 0. The fourth-order valence-electron chi connectivity index (χ4n) is 3.67. The van der Waals surface area contributed by atoms with Gasteiger partial charge in [-0.15, -0.1) is 24.8 Å². The van der Waals surface area contributed by atoms with Crippen molar-refractivity contribution in [2.24, 2.45) is 23.3 Å². The first kappa shape index (κ1) is 39.1. The lowest BCUT2D eigenvalue weighted by atomic mass is 10.00. The van der Waals surface area contributed by atoms with E-state index in [0.717, 1.165) is 35.9 Å². The first-order chi connectivity index (χ1) is 15.2. The predicted molar refractivity (Wildman–Crippen MR) is 160 cm³/mol. The zero-order chi connectivity index (χ0) is 24.2. The van der Waals surface area contributed by atoms with Crippen molar-refractivity contribution in [2.75, 3.05) is 23.0 Å². The van der Waals surface area contributed by atoms with Crippen LogP contribution in [-0.2, 0) is 9.59 Å². The Morgan fingerprint density at radius 1 is 0.559 bits per heavy atom. The predicted octanol–water partition coefficient (Wildman–Crippen LogP) is 7.08. The maximum atomic E-state index is 11.9. The summed E-state index contributed by atoms with van der Waals surface area (Å²) in [4.78, 5) is 23.9. The highest BCUT2D eigenvalue weighted by molar-refractivity contribution is 7.99. The number of carbonyl (C=O) groups excluding carboxylic acids is 2. The van der Waals surface area contributed by atoms with Gasteiger partial charge in [0.25, 0.3) is 0 Å². The summed E-state index contributed by atoms with van der Waals surface area (Å²) >= 11 is 3.80. The molecular weight excluding hydrogens is 507 g/mol. The van der Waals surface area contributed by atoms with Gasteiger partial charge in [0.1, 0.15) is 11.6 Å². The molecule has 0 aromatic rings. The monoisotopic (exact) mass is 560 g/mol. The van der Waals surface area contributed by atoms with Crippen LogP contribution in [0.25, 0.3) is 0 Å². The molecule has 4 N–H and O–H groups in total. The van der Waals surface area contributed by atoms with Gasteiger partial charge in [-0.1, -0.05) is 66.2 Å². The number of ketones is 2. The number of thioether (sulfide) groups is 2. The van der Waals surface area contributed by atoms with Crippen LogP contribution in [0.15, 0.2) is 0 Å². The number of hydrogen-bond donors (Lipinski definition) is 2. The minimum atomic E-state index is -0.267. The Hall–Kier alpha value is 0.540. The molecule has 34 heavy (non-hydrogen) atoms. The molecular formula is C26H54Cl2N2O2S2. The van der Waals surface area contributed by atoms with Crippen LogP contribution in [0.4, 0.5) is 0 Å². The second-order valence-electron chi connectivity index (χ2n) is 9.96. The summed E-state index contributed by atoms with van der Waals surface area (Å²) in [5.41, 5.74) is 11.9. The van der Waals surface area contributed by atoms with Gasteiger partial charge >= 0.3 is 0 Å². The van der Waals surface area contributed by atoms with Crippen LogP contribution in [0.5, 0.6) is 0 Å². The number of unbranched alkanes of at least 4 members (excludes halogenated alkanes) is 7. The normalized spacial score (nSPS) is 12.8. The smallest absolute Gasteiger partial charge is 0.150 e. The number of carbonyl (C=O) groups is 2. The second kappa shape index (κ2) is 26.6. The third kappa shape index (κ3) is 25.6. The van der Waals surface area contributed by atoms with Gasteiger partial charge in [-0.3, -0.25) is 9.59 Å². The third-order valence-corrected chi connectivity index (χ3v) is 7.73. The average Bonchev–Trinajstić information content (AvgIpc) is 2.71. The van der Waals surface area contributed by atoms with Crippen molar-refractivity contribution in [3.63, 3.8) is 0 Å². The Bertz CT molecular complexity index is 442. The van der Waals surface area contributed by atoms with E-state index in [4.69, 9.17) is 11.5 Å². The van der Waals surface area contributed by atoms with E-state index in [0.29, 0.717) is 24.7 Å². The maximum Gasteiger partial charge on any atom is 0.150 e. The highest BCUT2D eigenvalue weighted by Gasteiger charge is 2.15. The van der Waals surface area contributed by atoms with Gasteiger partial charge in [0, 0.05) is 24.3 Å². The van der Waals surface area contributed by atoms with Crippen LogP contribution in [0.2, 0.25) is 0 Å². The summed E-state index contributed by atoms with van der Waals surface area (Å²) in [6, 6.07) is -0.534. The van der Waals surface area contributed by atoms with E-state index in [1.807, 2.05) is 23.5 Å². The zero-order valence-electron chi connectivity index (χ0n) is 22.2. The summed E-state index contributed by atoms with van der Waals surface area (Å²) < 4.78 is 0. The van der Waals surface area contributed by atoms with Crippen LogP contribution in [0, 0.1) is 11.8 Å². The molecule has 0 amide bonds. The molecule has 206 valence electrons. The molecule has 0 aliphatic heterocycles. The zero-order valence-corrected chi connectivity index (χ0v) is 25.5. The molecule has 0 aromatic heterocycles. The summed E-state index contributed by atoms with van der Waals surface area (Å²) in [5, 5.41) is 0. The highest BCUT2D eigenvalue weighted by Crippen LogP contribution is 2.15. The molecule has 0 saturated heterocycles. The molecule has 8 heteroatoms. The molecule has 0 rings (SSSR count). The summed E-state index contributed by atoms with van der Waals surface area (Å²) in [6.07, 6.45) is 13.3. The fraction of sp³-hybridized carbons (Fsp3) is 0.923. The lowest BCUT2D eigenvalue weighted by molar-refractivity contribution is -0.121. The Kier molecular flexibility index (Phi) is 30.6. The molecule has 0 fully saturated rings. The van der Waals surface area contributed by atoms with Gasteiger partial charge in [0.2, 0.25) is 0 Å². The number of Topliss-reactive ketones (excluding diaryl/α,β-unsaturated/α-hetero) is 2. The molecule has 2 atom stereocenters. The summed E-state index contributed by atoms with van der Waals surface area (Å²) in [6.45, 7) is 8.44. The quantitative estimate of drug-likeness (QED) is 0.130. The van der Waals surface area contributed by atoms with Crippen LogP contribution < -0.4 is 11.5 Å². The fourth-order valence-corrected chi connectivity index (χ4v) is 5.58. The van der Waals surface area contributed by atoms with Crippen LogP contribution in [-0.4, -0.2) is 46.7 Å². The van der Waals surface area contributed by atoms with E-state index in [1.165, 1.54) is 51.4 Å². The van der Waals surface area contributed by atoms with Gasteiger partial charge in [0.15, 0.2) is 0 Å². The number of rotatable bonds is 23.